The van der Waals surface area contributed by atoms with E-state index in [2.05, 4.69) is 0 Å². The zero-order chi connectivity index (χ0) is 14.8. The summed E-state index contributed by atoms with van der Waals surface area (Å²) in [6.45, 7) is 0.787. The molecule has 2 aromatic carbocycles. The zero-order valence-corrected chi connectivity index (χ0v) is 11.1. The number of hydrogen-bond acceptors (Lipinski definition) is 2. The first-order valence-corrected chi connectivity index (χ1v) is 6.59. The lowest BCUT2D eigenvalue weighted by Gasteiger charge is -2.39. The number of nitrogens with zero attached hydrogens (tertiary/aromatic N) is 1. The van der Waals surface area contributed by atoms with Gasteiger partial charge in [-0.25, -0.2) is 8.78 Å². The van der Waals surface area contributed by atoms with E-state index >= 15 is 0 Å². The molecular formula is C16H13F2NO2. The highest BCUT2D eigenvalue weighted by molar-refractivity contribution is 5.94. The average Bonchev–Trinajstić information content (AvgIpc) is 2.44. The molecule has 0 N–H and O–H groups in total. The summed E-state index contributed by atoms with van der Waals surface area (Å²) in [7, 11) is 0. The number of ether oxygens (including phenoxy) is 1. The van der Waals surface area contributed by atoms with Gasteiger partial charge in [0.2, 0.25) is 0 Å². The summed E-state index contributed by atoms with van der Waals surface area (Å²) < 4.78 is 31.7. The molecule has 0 saturated carbocycles. The van der Waals surface area contributed by atoms with E-state index in [0.717, 1.165) is 12.1 Å². The Morgan fingerprint density at radius 1 is 1.10 bits per heavy atom. The van der Waals surface area contributed by atoms with Crippen molar-refractivity contribution in [2.24, 2.45) is 0 Å². The first-order chi connectivity index (χ1) is 10.1. The van der Waals surface area contributed by atoms with E-state index in [1.165, 1.54) is 6.07 Å². The Morgan fingerprint density at radius 2 is 1.81 bits per heavy atom. The highest BCUT2D eigenvalue weighted by Gasteiger charge is 2.33. The maximum Gasteiger partial charge on any atom is 0.254 e. The number of likely N-dealkylation sites (tertiary alicyclic amines) is 1. The van der Waals surface area contributed by atoms with Crippen molar-refractivity contribution in [3.63, 3.8) is 0 Å². The van der Waals surface area contributed by atoms with Crippen LogP contribution in [0.3, 0.4) is 0 Å². The van der Waals surface area contributed by atoms with Gasteiger partial charge >= 0.3 is 0 Å². The lowest BCUT2D eigenvalue weighted by atomic mass is 10.1. The van der Waals surface area contributed by atoms with Crippen LogP contribution in [-0.2, 0) is 0 Å². The van der Waals surface area contributed by atoms with E-state index < -0.39 is 11.6 Å². The molecule has 1 saturated heterocycles. The molecule has 1 amide bonds. The fourth-order valence-corrected chi connectivity index (χ4v) is 2.19. The van der Waals surface area contributed by atoms with E-state index in [-0.39, 0.29) is 17.8 Å². The molecule has 0 unspecified atom stereocenters. The van der Waals surface area contributed by atoms with Crippen molar-refractivity contribution >= 4 is 5.91 Å². The Morgan fingerprint density at radius 3 is 2.48 bits per heavy atom. The first-order valence-electron chi connectivity index (χ1n) is 6.59. The van der Waals surface area contributed by atoms with Crippen molar-refractivity contribution in [3.8, 4) is 5.75 Å². The molecule has 21 heavy (non-hydrogen) atoms. The average molecular weight is 289 g/mol. The van der Waals surface area contributed by atoms with E-state index in [1.807, 2.05) is 6.07 Å². The third-order valence-corrected chi connectivity index (χ3v) is 3.34. The summed E-state index contributed by atoms with van der Waals surface area (Å²) in [5.74, 6) is -1.44. The minimum atomic E-state index is -0.733. The Labute approximate surface area is 120 Å². The van der Waals surface area contributed by atoms with Gasteiger partial charge in [-0.05, 0) is 24.3 Å². The highest BCUT2D eigenvalue weighted by Crippen LogP contribution is 2.23. The number of carbonyl (C=O) groups excluding carboxylic acids is 1. The molecule has 0 aliphatic carbocycles. The molecule has 0 atom stereocenters. The summed E-state index contributed by atoms with van der Waals surface area (Å²) in [6, 6.07) is 12.1. The minimum absolute atomic E-state index is 0.00760. The molecule has 1 fully saturated rings. The van der Waals surface area contributed by atoms with Crippen molar-refractivity contribution in [2.45, 2.75) is 6.10 Å². The molecule has 0 bridgehead atoms. The van der Waals surface area contributed by atoms with Crippen LogP contribution in [0.5, 0.6) is 5.75 Å². The topological polar surface area (TPSA) is 29.5 Å². The third-order valence-electron chi connectivity index (χ3n) is 3.34. The van der Waals surface area contributed by atoms with Crippen LogP contribution in [-0.4, -0.2) is 30.0 Å². The smallest absolute Gasteiger partial charge is 0.254 e. The molecule has 108 valence electrons. The van der Waals surface area contributed by atoms with Gasteiger partial charge in [-0.2, -0.15) is 0 Å². The summed E-state index contributed by atoms with van der Waals surface area (Å²) in [5, 5.41) is 0. The Balaban J connectivity index is 1.57. The van der Waals surface area contributed by atoms with Crippen LogP contribution < -0.4 is 4.74 Å². The van der Waals surface area contributed by atoms with Gasteiger partial charge in [0, 0.05) is 11.6 Å². The third kappa shape index (κ3) is 2.86. The minimum Gasteiger partial charge on any atom is -0.484 e. The monoisotopic (exact) mass is 289 g/mol. The van der Waals surface area contributed by atoms with Gasteiger partial charge in [-0.15, -0.1) is 0 Å². The number of benzene rings is 2. The molecule has 0 radical (unpaired) electrons. The van der Waals surface area contributed by atoms with Crippen LogP contribution in [0.4, 0.5) is 8.78 Å². The van der Waals surface area contributed by atoms with Gasteiger partial charge in [0.25, 0.3) is 5.91 Å². The van der Waals surface area contributed by atoms with Gasteiger partial charge in [0.15, 0.2) is 11.6 Å². The first kappa shape index (κ1) is 13.5. The van der Waals surface area contributed by atoms with Crippen LogP contribution in [0.15, 0.2) is 48.5 Å². The molecule has 0 aromatic heterocycles. The van der Waals surface area contributed by atoms with Crippen molar-refractivity contribution in [1.82, 2.24) is 4.90 Å². The fourth-order valence-electron chi connectivity index (χ4n) is 2.19. The quantitative estimate of drug-likeness (QED) is 0.869. The number of amides is 1. The molecule has 1 aliphatic rings. The second kappa shape index (κ2) is 5.52. The van der Waals surface area contributed by atoms with Gasteiger partial charge in [0.05, 0.1) is 13.1 Å². The number of rotatable bonds is 3. The van der Waals surface area contributed by atoms with Gasteiger partial charge in [-0.1, -0.05) is 18.2 Å². The maximum absolute atomic E-state index is 13.4. The second-order valence-corrected chi connectivity index (χ2v) is 4.89. The van der Waals surface area contributed by atoms with Crippen molar-refractivity contribution < 1.29 is 18.3 Å². The molecule has 3 rings (SSSR count). The lowest BCUT2D eigenvalue weighted by molar-refractivity contribution is 0.0163. The van der Waals surface area contributed by atoms with E-state index in [4.69, 9.17) is 4.74 Å². The molecule has 2 aromatic rings. The molecule has 1 aliphatic heterocycles. The van der Waals surface area contributed by atoms with Gasteiger partial charge in [-0.3, -0.25) is 4.79 Å². The Bertz CT molecular complexity index is 655. The van der Waals surface area contributed by atoms with Crippen molar-refractivity contribution in [2.75, 3.05) is 13.1 Å². The number of carbonyl (C=O) groups is 1. The predicted octanol–water partition coefficient (Wildman–Crippen LogP) is 2.87. The standard InChI is InChI=1S/C16H13F2NO2/c17-12-6-7-15(14(18)8-12)21-13-9-19(10-13)16(20)11-4-2-1-3-5-11/h1-8,13H,9-10H2. The maximum atomic E-state index is 13.4. The second-order valence-electron chi connectivity index (χ2n) is 4.89. The largest absolute Gasteiger partial charge is 0.484 e. The fraction of sp³-hybridized carbons (Fsp3) is 0.188. The summed E-state index contributed by atoms with van der Waals surface area (Å²) in [6.07, 6.45) is -0.266. The van der Waals surface area contributed by atoms with E-state index in [0.29, 0.717) is 18.7 Å². The molecular weight excluding hydrogens is 276 g/mol. The van der Waals surface area contributed by atoms with Crippen LogP contribution in [0, 0.1) is 11.6 Å². The Hall–Kier alpha value is -2.43. The predicted molar refractivity (Wildman–Crippen MR) is 73.1 cm³/mol. The van der Waals surface area contributed by atoms with E-state index in [1.54, 1.807) is 29.2 Å². The van der Waals surface area contributed by atoms with Crippen LogP contribution >= 0.6 is 0 Å². The van der Waals surface area contributed by atoms with Crippen molar-refractivity contribution in [3.05, 3.63) is 65.7 Å². The SMILES string of the molecule is O=C(c1ccccc1)N1CC(Oc2ccc(F)cc2F)C1. The summed E-state index contributed by atoms with van der Waals surface area (Å²) in [4.78, 5) is 13.7. The van der Waals surface area contributed by atoms with Crippen molar-refractivity contribution in [1.29, 1.82) is 0 Å². The highest BCUT2D eigenvalue weighted by atomic mass is 19.1. The van der Waals surface area contributed by atoms with E-state index in [9.17, 15) is 13.6 Å². The molecule has 3 nitrogen and oxygen atoms in total. The molecule has 5 heteroatoms. The summed E-state index contributed by atoms with van der Waals surface area (Å²) in [5.41, 5.74) is 0.615. The molecule has 0 spiro atoms. The number of hydrogen-bond donors (Lipinski definition) is 0. The normalized spacial score (nSPS) is 14.7. The van der Waals surface area contributed by atoms with Crippen LogP contribution in [0.2, 0.25) is 0 Å². The Kier molecular flexibility index (Phi) is 3.56. The van der Waals surface area contributed by atoms with Crippen LogP contribution in [0.1, 0.15) is 10.4 Å². The van der Waals surface area contributed by atoms with Gasteiger partial charge < -0.3 is 9.64 Å². The lowest BCUT2D eigenvalue weighted by Crippen LogP contribution is -2.56. The number of halogens is 2. The van der Waals surface area contributed by atoms with Gasteiger partial charge in [0.1, 0.15) is 11.9 Å². The summed E-state index contributed by atoms with van der Waals surface area (Å²) >= 11 is 0. The molecule has 1 heterocycles. The van der Waals surface area contributed by atoms with Crippen LogP contribution in [0.25, 0.3) is 0 Å². The zero-order valence-electron chi connectivity index (χ0n) is 11.1.